The van der Waals surface area contributed by atoms with Crippen molar-refractivity contribution in [3.63, 3.8) is 0 Å². The van der Waals surface area contributed by atoms with E-state index in [9.17, 15) is 0 Å². The van der Waals surface area contributed by atoms with E-state index in [2.05, 4.69) is 68.3 Å². The van der Waals surface area contributed by atoms with Gasteiger partial charge in [0.15, 0.2) is 11.0 Å². The van der Waals surface area contributed by atoms with Gasteiger partial charge in [-0.05, 0) is 42.8 Å². The maximum absolute atomic E-state index is 5.63. The largest absolute Gasteiger partial charge is 0.494 e. The van der Waals surface area contributed by atoms with Crippen LogP contribution in [0.15, 0.2) is 96.3 Å². The van der Waals surface area contributed by atoms with Gasteiger partial charge in [0.25, 0.3) is 0 Å². The highest BCUT2D eigenvalue weighted by Crippen LogP contribution is 2.33. The fourth-order valence-corrected chi connectivity index (χ4v) is 4.52. The summed E-state index contributed by atoms with van der Waals surface area (Å²) in [6, 6.07) is 26.6. The molecule has 2 heterocycles. The summed E-state index contributed by atoms with van der Waals surface area (Å²) in [5, 5.41) is 11.1. The lowest BCUT2D eigenvalue weighted by Crippen LogP contribution is -2.00. The van der Waals surface area contributed by atoms with Crippen LogP contribution in [-0.2, 0) is 0 Å². The molecule has 33 heavy (non-hydrogen) atoms. The van der Waals surface area contributed by atoms with E-state index in [1.165, 1.54) is 5.56 Å². The molecule has 0 aliphatic carbocycles. The molecule has 164 valence electrons. The zero-order valence-electron chi connectivity index (χ0n) is 18.3. The number of ether oxygens (including phenoxy) is 1. The molecule has 5 aromatic rings. The van der Waals surface area contributed by atoms with Gasteiger partial charge in [0.05, 0.1) is 6.61 Å². The number of fused-ring (bicyclic) bond motifs is 1. The molecule has 0 spiro atoms. The van der Waals surface area contributed by atoms with E-state index < -0.39 is 0 Å². The van der Waals surface area contributed by atoms with Crippen LogP contribution in [0.5, 0.6) is 5.75 Å². The maximum Gasteiger partial charge on any atom is 0.196 e. The van der Waals surface area contributed by atoms with E-state index in [0.29, 0.717) is 6.61 Å². The predicted octanol–water partition coefficient (Wildman–Crippen LogP) is 6.62. The fourth-order valence-electron chi connectivity index (χ4n) is 3.76. The Labute approximate surface area is 197 Å². The van der Waals surface area contributed by atoms with Crippen molar-refractivity contribution < 1.29 is 4.74 Å². The Balaban J connectivity index is 1.50. The number of aromatic nitrogens is 4. The van der Waals surface area contributed by atoms with Crippen LogP contribution >= 0.6 is 11.8 Å². The van der Waals surface area contributed by atoms with Crippen LogP contribution in [0.3, 0.4) is 0 Å². The minimum atomic E-state index is 0.640. The lowest BCUT2D eigenvalue weighted by molar-refractivity contribution is 0.340. The van der Waals surface area contributed by atoms with Gasteiger partial charge in [-0.1, -0.05) is 72.4 Å². The summed E-state index contributed by atoms with van der Waals surface area (Å²) in [7, 11) is 0. The number of thioether (sulfide) groups is 1. The number of rotatable bonds is 8. The van der Waals surface area contributed by atoms with Crippen molar-refractivity contribution in [2.45, 2.75) is 12.1 Å². The van der Waals surface area contributed by atoms with E-state index >= 15 is 0 Å². The first kappa shape index (κ1) is 21.1. The second kappa shape index (κ2) is 9.79. The third-order valence-electron chi connectivity index (χ3n) is 5.29. The molecule has 0 saturated heterocycles. The van der Waals surface area contributed by atoms with Gasteiger partial charge >= 0.3 is 0 Å². The molecular weight excluding hydrogens is 428 g/mol. The number of H-pyrrole nitrogens is 1. The van der Waals surface area contributed by atoms with E-state index in [0.717, 1.165) is 44.6 Å². The van der Waals surface area contributed by atoms with Crippen LogP contribution in [0.25, 0.3) is 34.1 Å². The molecule has 2 aromatic heterocycles. The highest BCUT2D eigenvalue weighted by atomic mass is 32.2. The Morgan fingerprint density at radius 3 is 2.55 bits per heavy atom. The third-order valence-corrected chi connectivity index (χ3v) is 6.17. The van der Waals surface area contributed by atoms with Gasteiger partial charge in [-0.3, -0.25) is 4.57 Å². The topological polar surface area (TPSA) is 55.7 Å². The first-order valence-corrected chi connectivity index (χ1v) is 11.9. The Morgan fingerprint density at radius 2 is 1.73 bits per heavy atom. The van der Waals surface area contributed by atoms with Gasteiger partial charge in [-0.15, -0.1) is 10.2 Å². The van der Waals surface area contributed by atoms with Gasteiger partial charge in [-0.25, -0.2) is 0 Å². The molecule has 6 heteroatoms. The molecular formula is C27H24N4OS. The van der Waals surface area contributed by atoms with Crippen LogP contribution in [0.2, 0.25) is 0 Å². The van der Waals surface area contributed by atoms with E-state index in [1.54, 1.807) is 11.8 Å². The maximum atomic E-state index is 5.63. The average Bonchev–Trinajstić information content (AvgIpc) is 3.47. The minimum Gasteiger partial charge on any atom is -0.494 e. The van der Waals surface area contributed by atoms with Gasteiger partial charge in [0.1, 0.15) is 5.75 Å². The van der Waals surface area contributed by atoms with Gasteiger partial charge in [-0.2, -0.15) is 0 Å². The van der Waals surface area contributed by atoms with Crippen molar-refractivity contribution >= 4 is 28.7 Å². The van der Waals surface area contributed by atoms with E-state index in [1.807, 2.05) is 55.6 Å². The van der Waals surface area contributed by atoms with Crippen molar-refractivity contribution in [1.82, 2.24) is 19.7 Å². The molecule has 0 amide bonds. The highest BCUT2D eigenvalue weighted by Gasteiger charge is 2.18. The number of hydrogen-bond acceptors (Lipinski definition) is 4. The Kier molecular flexibility index (Phi) is 6.26. The van der Waals surface area contributed by atoms with Crippen molar-refractivity contribution in [3.8, 4) is 22.8 Å². The molecule has 1 N–H and O–H groups in total. The summed E-state index contributed by atoms with van der Waals surface area (Å²) >= 11 is 1.66. The first-order valence-electron chi connectivity index (χ1n) is 10.9. The number of nitrogens with zero attached hydrogens (tertiary/aromatic N) is 3. The molecule has 0 saturated carbocycles. The first-order chi connectivity index (χ1) is 16.3. The van der Waals surface area contributed by atoms with Crippen LogP contribution in [0.1, 0.15) is 12.5 Å². The van der Waals surface area contributed by atoms with E-state index in [4.69, 9.17) is 4.74 Å². The lowest BCUT2D eigenvalue weighted by Gasteiger charge is -2.11. The minimum absolute atomic E-state index is 0.640. The second-order valence-corrected chi connectivity index (χ2v) is 8.43. The highest BCUT2D eigenvalue weighted by molar-refractivity contribution is 7.99. The molecule has 3 aromatic carbocycles. The number of para-hydroxylation sites is 1. The summed E-state index contributed by atoms with van der Waals surface area (Å²) in [5.74, 6) is 2.45. The summed E-state index contributed by atoms with van der Waals surface area (Å²) < 4.78 is 7.75. The van der Waals surface area contributed by atoms with E-state index in [-0.39, 0.29) is 0 Å². The van der Waals surface area contributed by atoms with Crippen LogP contribution in [0.4, 0.5) is 0 Å². The predicted molar refractivity (Wildman–Crippen MR) is 136 cm³/mol. The average molecular weight is 453 g/mol. The summed E-state index contributed by atoms with van der Waals surface area (Å²) in [6.07, 6.45) is 6.29. The normalized spacial score (nSPS) is 11.4. The second-order valence-electron chi connectivity index (χ2n) is 7.44. The van der Waals surface area contributed by atoms with Crippen molar-refractivity contribution in [3.05, 3.63) is 96.7 Å². The summed E-state index contributed by atoms with van der Waals surface area (Å²) in [4.78, 5) is 3.35. The molecule has 5 nitrogen and oxygen atoms in total. The molecule has 0 aliphatic heterocycles. The van der Waals surface area contributed by atoms with Crippen molar-refractivity contribution in [2.75, 3.05) is 12.4 Å². The Bertz CT molecular complexity index is 1370. The van der Waals surface area contributed by atoms with Gasteiger partial charge in [0.2, 0.25) is 0 Å². The standard InChI is InChI=1S/C27H24N4OS/c1-2-32-22-16-14-21(15-17-22)31-26(24-19-28-25-13-7-6-12-23(24)25)29-30-27(31)33-18-8-11-20-9-4-3-5-10-20/h3-17,19,28H,2,18H2,1H3. The third kappa shape index (κ3) is 4.56. The molecule has 0 bridgehead atoms. The summed E-state index contributed by atoms with van der Waals surface area (Å²) in [5.41, 5.74) is 4.29. The van der Waals surface area contributed by atoms with Gasteiger partial charge in [0, 0.05) is 34.1 Å². The Morgan fingerprint density at radius 1 is 0.939 bits per heavy atom. The van der Waals surface area contributed by atoms with Crippen molar-refractivity contribution in [2.24, 2.45) is 0 Å². The number of aromatic amines is 1. The van der Waals surface area contributed by atoms with Crippen molar-refractivity contribution in [1.29, 1.82) is 0 Å². The zero-order chi connectivity index (χ0) is 22.5. The molecule has 0 aliphatic rings. The fraction of sp³-hybridized carbons (Fsp3) is 0.111. The molecule has 0 unspecified atom stereocenters. The molecule has 0 fully saturated rings. The number of nitrogens with one attached hydrogen (secondary N) is 1. The molecule has 5 rings (SSSR count). The quantitative estimate of drug-likeness (QED) is 0.269. The van der Waals surface area contributed by atoms with Crippen LogP contribution < -0.4 is 4.74 Å². The summed E-state index contributed by atoms with van der Waals surface area (Å²) in [6.45, 7) is 2.63. The number of benzene rings is 3. The Hall–Kier alpha value is -3.77. The van der Waals surface area contributed by atoms with Crippen LogP contribution in [-0.4, -0.2) is 32.1 Å². The van der Waals surface area contributed by atoms with Crippen LogP contribution in [0, 0.1) is 0 Å². The smallest absolute Gasteiger partial charge is 0.196 e. The zero-order valence-corrected chi connectivity index (χ0v) is 19.1. The monoisotopic (exact) mass is 452 g/mol. The lowest BCUT2D eigenvalue weighted by atomic mass is 10.1. The molecule has 0 radical (unpaired) electrons. The van der Waals surface area contributed by atoms with Gasteiger partial charge < -0.3 is 9.72 Å². The SMILES string of the molecule is CCOc1ccc(-n2c(SCC=Cc3ccccc3)nnc2-c2c[nH]c3ccccc23)cc1. The number of hydrogen-bond donors (Lipinski definition) is 1. The molecule has 0 atom stereocenters.